The third-order valence-corrected chi connectivity index (χ3v) is 13.2. The fraction of sp³-hybridized carbons (Fsp3) is 0. The maximum Gasteiger partial charge on any atom is 0.159 e. The van der Waals surface area contributed by atoms with Crippen molar-refractivity contribution in [2.24, 2.45) is 0 Å². The van der Waals surface area contributed by atoms with Crippen molar-refractivity contribution in [1.82, 2.24) is 4.57 Å². The van der Waals surface area contributed by atoms with Gasteiger partial charge in [-0.3, -0.25) is 0 Å². The number of benzene rings is 11. The first-order chi connectivity index (χ1) is 32.2. The summed E-state index contributed by atoms with van der Waals surface area (Å²) in [5, 5.41) is 9.75. The number of anilines is 3. The van der Waals surface area contributed by atoms with Crippen LogP contribution < -0.4 is 4.90 Å². The van der Waals surface area contributed by atoms with E-state index in [1.165, 1.54) is 71.2 Å². The molecule has 65 heavy (non-hydrogen) atoms. The first-order valence-electron chi connectivity index (χ1n) is 22.2. The molecular weight excluding hydrogens is 789 g/mol. The van der Waals surface area contributed by atoms with Crippen LogP contribution in [-0.4, -0.2) is 4.57 Å². The average molecular weight is 829 g/mol. The normalized spacial score (nSPS) is 11.7. The monoisotopic (exact) mass is 828 g/mol. The van der Waals surface area contributed by atoms with Crippen molar-refractivity contribution in [1.29, 1.82) is 0 Å². The van der Waals surface area contributed by atoms with Gasteiger partial charge in [-0.2, -0.15) is 0 Å². The molecule has 0 atom stereocenters. The zero-order valence-electron chi connectivity index (χ0n) is 35.4. The SMILES string of the molecule is c1ccc(-c2ccccc2-n2c3ccccc3c3ccccc32)c(-c2ccc(N(c3ccc(-c4ccc5c(ccc6ccccc65)c4)cc3)c3cccc4c3oc3ccccc34)cc2)c1. The lowest BCUT2D eigenvalue weighted by Gasteiger charge is -2.26. The summed E-state index contributed by atoms with van der Waals surface area (Å²) < 4.78 is 9.10. The molecule has 304 valence electrons. The lowest BCUT2D eigenvalue weighted by Crippen LogP contribution is -2.10. The lowest BCUT2D eigenvalue weighted by molar-refractivity contribution is 0.669. The van der Waals surface area contributed by atoms with Gasteiger partial charge in [-0.1, -0.05) is 182 Å². The van der Waals surface area contributed by atoms with Gasteiger partial charge in [0, 0.05) is 38.5 Å². The van der Waals surface area contributed by atoms with Crippen LogP contribution in [0, 0.1) is 0 Å². The van der Waals surface area contributed by atoms with E-state index in [9.17, 15) is 0 Å². The van der Waals surface area contributed by atoms with Crippen molar-refractivity contribution in [2.45, 2.75) is 0 Å². The minimum absolute atomic E-state index is 0.857. The highest BCUT2D eigenvalue weighted by atomic mass is 16.3. The van der Waals surface area contributed by atoms with Gasteiger partial charge in [-0.15, -0.1) is 0 Å². The highest BCUT2D eigenvalue weighted by Crippen LogP contribution is 2.45. The molecule has 2 aromatic heterocycles. The summed E-state index contributed by atoms with van der Waals surface area (Å²) in [7, 11) is 0. The molecule has 0 unspecified atom stereocenters. The number of aromatic nitrogens is 1. The van der Waals surface area contributed by atoms with Gasteiger partial charge >= 0.3 is 0 Å². The molecule has 0 radical (unpaired) electrons. The zero-order chi connectivity index (χ0) is 42.8. The average Bonchev–Trinajstić information content (AvgIpc) is 3.93. The van der Waals surface area contributed by atoms with Crippen molar-refractivity contribution < 1.29 is 4.42 Å². The minimum Gasteiger partial charge on any atom is -0.454 e. The van der Waals surface area contributed by atoms with Gasteiger partial charge in [0.2, 0.25) is 0 Å². The van der Waals surface area contributed by atoms with Crippen LogP contribution in [0.4, 0.5) is 17.1 Å². The van der Waals surface area contributed by atoms with Crippen LogP contribution in [0.15, 0.2) is 247 Å². The predicted molar refractivity (Wildman–Crippen MR) is 274 cm³/mol. The van der Waals surface area contributed by atoms with Crippen molar-refractivity contribution in [2.75, 3.05) is 4.90 Å². The van der Waals surface area contributed by atoms with Crippen molar-refractivity contribution in [3.63, 3.8) is 0 Å². The van der Waals surface area contributed by atoms with Gasteiger partial charge in [-0.05, 0) is 110 Å². The van der Waals surface area contributed by atoms with Crippen molar-refractivity contribution in [3.05, 3.63) is 243 Å². The summed E-state index contributed by atoms with van der Waals surface area (Å²) in [5.41, 5.74) is 15.4. The van der Waals surface area contributed by atoms with Crippen LogP contribution >= 0.6 is 0 Å². The van der Waals surface area contributed by atoms with E-state index in [-0.39, 0.29) is 0 Å². The van der Waals surface area contributed by atoms with Gasteiger partial charge < -0.3 is 13.9 Å². The van der Waals surface area contributed by atoms with E-state index >= 15 is 0 Å². The molecule has 2 heterocycles. The summed E-state index contributed by atoms with van der Waals surface area (Å²) in [6, 6.07) is 87.6. The molecule has 0 fully saturated rings. The van der Waals surface area contributed by atoms with E-state index in [1.807, 2.05) is 6.07 Å². The summed E-state index contributed by atoms with van der Waals surface area (Å²) in [6.07, 6.45) is 0. The number of nitrogens with zero attached hydrogens (tertiary/aromatic N) is 2. The minimum atomic E-state index is 0.857. The lowest BCUT2D eigenvalue weighted by atomic mass is 9.93. The molecule has 11 aromatic carbocycles. The van der Waals surface area contributed by atoms with Crippen LogP contribution in [-0.2, 0) is 0 Å². The number of para-hydroxylation sites is 5. The number of fused-ring (bicyclic) bond motifs is 9. The van der Waals surface area contributed by atoms with Gasteiger partial charge in [-0.25, -0.2) is 0 Å². The second kappa shape index (κ2) is 15.0. The Morgan fingerprint density at radius 3 is 1.62 bits per heavy atom. The molecular formula is C62H40N2O. The maximum absolute atomic E-state index is 6.68. The van der Waals surface area contributed by atoms with Gasteiger partial charge in [0.1, 0.15) is 5.58 Å². The first kappa shape index (κ1) is 36.9. The number of furan rings is 1. The molecule has 0 saturated carbocycles. The molecule has 3 nitrogen and oxygen atoms in total. The maximum atomic E-state index is 6.68. The quantitative estimate of drug-likeness (QED) is 0.149. The first-order valence-corrected chi connectivity index (χ1v) is 22.2. The highest BCUT2D eigenvalue weighted by Gasteiger charge is 2.21. The molecule has 0 aliphatic carbocycles. The van der Waals surface area contributed by atoms with Gasteiger partial charge in [0.25, 0.3) is 0 Å². The molecule has 0 aliphatic heterocycles. The third-order valence-electron chi connectivity index (χ3n) is 13.2. The number of hydrogen-bond donors (Lipinski definition) is 0. The Bertz CT molecular complexity index is 3900. The third kappa shape index (κ3) is 6.05. The molecule has 0 saturated heterocycles. The zero-order valence-corrected chi connectivity index (χ0v) is 35.4. The van der Waals surface area contributed by atoms with E-state index in [0.29, 0.717) is 0 Å². The standard InChI is InChI=1S/C62H40N2O/c1-2-15-48-42(14-1)28-29-45-40-44(34-39-50(45)48)41-30-35-46(36-31-41)63(60-26-13-22-56-55-21-8-12-27-61(55)65-62(56)60)47-37-32-43(33-38-47)49-16-3-4-17-51(49)52-18-5-9-23-57(52)64-58-24-10-6-19-53(58)54-20-7-11-25-59(54)64/h1-40H. The van der Waals surface area contributed by atoms with Crippen LogP contribution in [0.2, 0.25) is 0 Å². The molecule has 13 aromatic rings. The Hall–Kier alpha value is -8.66. The Labute approximate surface area is 376 Å². The second-order valence-corrected chi connectivity index (χ2v) is 16.8. The Kier molecular flexibility index (Phi) is 8.53. The molecule has 0 bridgehead atoms. The predicted octanol–water partition coefficient (Wildman–Crippen LogP) is 17.5. The largest absolute Gasteiger partial charge is 0.454 e. The van der Waals surface area contributed by atoms with E-state index < -0.39 is 0 Å². The molecule has 0 spiro atoms. The second-order valence-electron chi connectivity index (χ2n) is 16.8. The molecule has 3 heteroatoms. The van der Waals surface area contributed by atoms with Crippen molar-refractivity contribution >= 4 is 82.4 Å². The summed E-state index contributed by atoms with van der Waals surface area (Å²) >= 11 is 0. The van der Waals surface area contributed by atoms with Crippen molar-refractivity contribution in [3.8, 4) is 39.1 Å². The van der Waals surface area contributed by atoms with E-state index in [0.717, 1.165) is 50.3 Å². The van der Waals surface area contributed by atoms with Gasteiger partial charge in [0.05, 0.1) is 22.4 Å². The van der Waals surface area contributed by atoms with E-state index in [4.69, 9.17) is 4.42 Å². The van der Waals surface area contributed by atoms with E-state index in [1.54, 1.807) is 0 Å². The van der Waals surface area contributed by atoms with E-state index in [2.05, 4.69) is 246 Å². The number of hydrogen-bond acceptors (Lipinski definition) is 2. The van der Waals surface area contributed by atoms with Crippen LogP contribution in [0.3, 0.4) is 0 Å². The molecule has 0 aliphatic rings. The summed E-state index contributed by atoms with van der Waals surface area (Å²) in [4.78, 5) is 2.33. The molecule has 0 N–H and O–H groups in total. The topological polar surface area (TPSA) is 21.3 Å². The Morgan fingerprint density at radius 2 is 0.862 bits per heavy atom. The smallest absolute Gasteiger partial charge is 0.159 e. The fourth-order valence-corrected chi connectivity index (χ4v) is 10.2. The Morgan fingerprint density at radius 1 is 0.323 bits per heavy atom. The van der Waals surface area contributed by atoms with Crippen LogP contribution in [0.25, 0.3) is 104 Å². The summed E-state index contributed by atoms with van der Waals surface area (Å²) in [6.45, 7) is 0. The molecule has 13 rings (SSSR count). The Balaban J connectivity index is 0.920. The van der Waals surface area contributed by atoms with Gasteiger partial charge in [0.15, 0.2) is 5.58 Å². The highest BCUT2D eigenvalue weighted by molar-refractivity contribution is 6.12. The fourth-order valence-electron chi connectivity index (χ4n) is 10.2. The van der Waals surface area contributed by atoms with Crippen LogP contribution in [0.1, 0.15) is 0 Å². The number of rotatable bonds is 7. The van der Waals surface area contributed by atoms with Crippen LogP contribution in [0.5, 0.6) is 0 Å². The molecule has 0 amide bonds. The summed E-state index contributed by atoms with van der Waals surface area (Å²) in [5.74, 6) is 0.